The fraction of sp³-hybridized carbons (Fsp3) is 0.310. The average Bonchev–Trinajstić information content (AvgIpc) is 2.90. The number of hydrogen-bond acceptors (Lipinski definition) is 3. The van der Waals surface area contributed by atoms with Gasteiger partial charge in [-0.3, -0.25) is 9.59 Å². The molecule has 38 heavy (non-hydrogen) atoms. The van der Waals surface area contributed by atoms with Gasteiger partial charge < -0.3 is 14.5 Å². The zero-order valence-corrected chi connectivity index (χ0v) is 21.6. The van der Waals surface area contributed by atoms with Gasteiger partial charge in [0.1, 0.15) is 12.4 Å². The van der Waals surface area contributed by atoms with Crippen LogP contribution >= 0.6 is 11.6 Å². The van der Waals surface area contributed by atoms with Crippen molar-refractivity contribution in [3.8, 4) is 5.75 Å². The van der Waals surface area contributed by atoms with Crippen molar-refractivity contribution < 1.29 is 27.5 Å². The Morgan fingerprint density at radius 3 is 2.42 bits per heavy atom. The lowest BCUT2D eigenvalue weighted by molar-refractivity contribution is -0.138. The molecule has 0 N–H and O–H groups in total. The summed E-state index contributed by atoms with van der Waals surface area (Å²) in [6.45, 7) is 0.580. The van der Waals surface area contributed by atoms with Crippen LogP contribution in [0, 0.1) is 0 Å². The van der Waals surface area contributed by atoms with E-state index in [-0.39, 0.29) is 19.1 Å². The van der Waals surface area contributed by atoms with Gasteiger partial charge in [-0.25, -0.2) is 0 Å². The van der Waals surface area contributed by atoms with Gasteiger partial charge in [0.2, 0.25) is 0 Å². The van der Waals surface area contributed by atoms with Crippen molar-refractivity contribution in [1.82, 2.24) is 9.80 Å². The minimum Gasteiger partial charge on any atom is -0.491 e. The first-order valence-corrected chi connectivity index (χ1v) is 12.7. The second-order valence-electron chi connectivity index (χ2n) is 9.27. The van der Waals surface area contributed by atoms with Crippen LogP contribution in [0.2, 0.25) is 5.02 Å². The summed E-state index contributed by atoms with van der Waals surface area (Å²) in [5.41, 5.74) is -0.174. The Balaban J connectivity index is 1.75. The monoisotopic (exact) mass is 544 g/mol. The molecule has 5 nitrogen and oxygen atoms in total. The van der Waals surface area contributed by atoms with E-state index in [1.165, 1.54) is 29.2 Å². The van der Waals surface area contributed by atoms with E-state index in [0.29, 0.717) is 42.1 Å². The molecule has 9 heteroatoms. The molecule has 0 spiro atoms. The van der Waals surface area contributed by atoms with Crippen LogP contribution in [0.3, 0.4) is 0 Å². The molecule has 3 aromatic rings. The zero-order chi connectivity index (χ0) is 27.3. The number of carbonyl (C=O) groups excluding carboxylic acids is 2. The molecule has 0 radical (unpaired) electrons. The maximum absolute atomic E-state index is 13.8. The van der Waals surface area contributed by atoms with Crippen molar-refractivity contribution in [2.24, 2.45) is 0 Å². The Morgan fingerprint density at radius 1 is 1.00 bits per heavy atom. The van der Waals surface area contributed by atoms with Crippen molar-refractivity contribution in [1.29, 1.82) is 0 Å². The zero-order valence-electron chi connectivity index (χ0n) is 20.9. The second kappa shape index (κ2) is 11.9. The van der Waals surface area contributed by atoms with Crippen molar-refractivity contribution >= 4 is 23.4 Å². The number of nitrogens with zero attached hydrogens (tertiary/aromatic N) is 2. The lowest BCUT2D eigenvalue weighted by atomic mass is 10.0. The van der Waals surface area contributed by atoms with Crippen molar-refractivity contribution in [2.45, 2.75) is 31.5 Å². The highest BCUT2D eigenvalue weighted by Crippen LogP contribution is 2.33. The van der Waals surface area contributed by atoms with Crippen LogP contribution in [-0.4, -0.2) is 54.4 Å². The first-order chi connectivity index (χ1) is 18.1. The molecule has 0 unspecified atom stereocenters. The molecule has 1 heterocycles. The van der Waals surface area contributed by atoms with Crippen LogP contribution in [0.1, 0.15) is 44.7 Å². The molecule has 200 valence electrons. The lowest BCUT2D eigenvalue weighted by Crippen LogP contribution is -2.46. The SMILES string of the molecule is CN1CCCCN(C(=O)c2ccccc2C(F)(F)F)[C@@H](Cc2ccccc2)COc2ccc(Cl)cc2C1=O. The van der Waals surface area contributed by atoms with E-state index in [2.05, 4.69) is 0 Å². The van der Waals surface area contributed by atoms with E-state index >= 15 is 0 Å². The number of hydrogen-bond donors (Lipinski definition) is 0. The fourth-order valence-corrected chi connectivity index (χ4v) is 4.76. The van der Waals surface area contributed by atoms with E-state index in [1.54, 1.807) is 24.1 Å². The molecule has 3 aromatic carbocycles. The largest absolute Gasteiger partial charge is 0.491 e. The van der Waals surface area contributed by atoms with Gasteiger partial charge in [0.05, 0.1) is 22.7 Å². The van der Waals surface area contributed by atoms with Crippen LogP contribution in [0.15, 0.2) is 72.8 Å². The molecule has 4 rings (SSSR count). The minimum atomic E-state index is -4.68. The Bertz CT molecular complexity index is 1280. The van der Waals surface area contributed by atoms with Crippen LogP contribution < -0.4 is 4.74 Å². The third-order valence-corrected chi connectivity index (χ3v) is 6.81. The third-order valence-electron chi connectivity index (χ3n) is 6.57. The van der Waals surface area contributed by atoms with Crippen molar-refractivity contribution in [3.05, 3.63) is 100 Å². The van der Waals surface area contributed by atoms with E-state index in [1.807, 2.05) is 30.3 Å². The quantitative estimate of drug-likeness (QED) is 0.386. The topological polar surface area (TPSA) is 49.9 Å². The van der Waals surface area contributed by atoms with Gasteiger partial charge in [0, 0.05) is 25.2 Å². The Morgan fingerprint density at radius 2 is 1.68 bits per heavy atom. The van der Waals surface area contributed by atoms with Crippen LogP contribution in [0.25, 0.3) is 0 Å². The summed E-state index contributed by atoms with van der Waals surface area (Å²) in [5.74, 6) is -0.650. The number of alkyl halides is 3. The number of halogens is 4. The van der Waals surface area contributed by atoms with Gasteiger partial charge in [-0.2, -0.15) is 13.2 Å². The van der Waals surface area contributed by atoms with E-state index in [9.17, 15) is 22.8 Å². The standard InChI is InChI=1S/C29H28ClF3N2O3/c1-34-15-7-8-16-35(28(37)23-11-5-6-12-25(23)29(31,32)33)22(17-20-9-3-2-4-10-20)19-38-26-14-13-21(30)18-24(26)27(34)36/h2-6,9-14,18,22H,7-8,15-17,19H2,1H3/t22-/m0/s1. The summed E-state index contributed by atoms with van der Waals surface area (Å²) in [7, 11) is 1.67. The predicted molar refractivity (Wildman–Crippen MR) is 140 cm³/mol. The van der Waals surface area contributed by atoms with Gasteiger partial charge in [0.25, 0.3) is 11.8 Å². The summed E-state index contributed by atoms with van der Waals surface area (Å²) in [6, 6.07) is 18.4. The van der Waals surface area contributed by atoms with Crippen molar-refractivity contribution in [2.75, 3.05) is 26.7 Å². The molecule has 2 amide bonds. The summed E-state index contributed by atoms with van der Waals surface area (Å²) >= 11 is 6.16. The highest BCUT2D eigenvalue weighted by Gasteiger charge is 2.37. The summed E-state index contributed by atoms with van der Waals surface area (Å²) in [4.78, 5) is 29.9. The molecule has 1 aliphatic rings. The van der Waals surface area contributed by atoms with E-state index in [4.69, 9.17) is 16.3 Å². The molecule has 0 aromatic heterocycles. The molecule has 0 saturated heterocycles. The number of rotatable bonds is 3. The normalized spacial score (nSPS) is 17.2. The van der Waals surface area contributed by atoms with Crippen molar-refractivity contribution in [3.63, 3.8) is 0 Å². The fourth-order valence-electron chi connectivity index (χ4n) is 4.59. The number of amides is 2. The summed E-state index contributed by atoms with van der Waals surface area (Å²) in [5, 5.41) is 0.377. The molecular formula is C29H28ClF3N2O3. The second-order valence-corrected chi connectivity index (χ2v) is 9.71. The maximum Gasteiger partial charge on any atom is 0.417 e. The van der Waals surface area contributed by atoms with E-state index in [0.717, 1.165) is 11.6 Å². The molecule has 1 aliphatic heterocycles. The van der Waals surface area contributed by atoms with Crippen LogP contribution in [-0.2, 0) is 12.6 Å². The first-order valence-electron chi connectivity index (χ1n) is 12.3. The average molecular weight is 545 g/mol. The number of benzene rings is 3. The smallest absolute Gasteiger partial charge is 0.417 e. The number of ether oxygens (including phenoxy) is 1. The molecular weight excluding hydrogens is 517 g/mol. The van der Waals surface area contributed by atoms with Gasteiger partial charge in [0.15, 0.2) is 0 Å². The number of carbonyl (C=O) groups is 2. The van der Waals surface area contributed by atoms with Gasteiger partial charge in [-0.05, 0) is 55.2 Å². The maximum atomic E-state index is 13.8. The van der Waals surface area contributed by atoms with Gasteiger partial charge in [-0.1, -0.05) is 54.1 Å². The van der Waals surface area contributed by atoms with Gasteiger partial charge in [-0.15, -0.1) is 0 Å². The lowest BCUT2D eigenvalue weighted by Gasteiger charge is -2.34. The van der Waals surface area contributed by atoms with E-state index < -0.39 is 29.3 Å². The highest BCUT2D eigenvalue weighted by molar-refractivity contribution is 6.31. The van der Waals surface area contributed by atoms with Crippen LogP contribution in [0.5, 0.6) is 5.75 Å². The number of fused-ring (bicyclic) bond motifs is 1. The molecule has 1 atom stereocenters. The Hall–Kier alpha value is -3.52. The molecule has 0 saturated carbocycles. The third kappa shape index (κ3) is 6.48. The highest BCUT2D eigenvalue weighted by atomic mass is 35.5. The first kappa shape index (κ1) is 27.5. The molecule has 0 fully saturated rings. The van der Waals surface area contributed by atoms with Gasteiger partial charge >= 0.3 is 6.18 Å². The Kier molecular flexibility index (Phi) is 8.62. The molecule has 0 aliphatic carbocycles. The summed E-state index contributed by atoms with van der Waals surface area (Å²) in [6.07, 6.45) is -3.27. The minimum absolute atomic E-state index is 0.0273. The molecule has 0 bridgehead atoms. The van der Waals surface area contributed by atoms with Crippen LogP contribution in [0.4, 0.5) is 13.2 Å². The predicted octanol–water partition coefficient (Wildman–Crippen LogP) is 6.36. The Labute approximate surface area is 224 Å². The summed E-state index contributed by atoms with van der Waals surface area (Å²) < 4.78 is 47.6.